The van der Waals surface area contributed by atoms with Crippen LogP contribution in [0.4, 0.5) is 8.78 Å². The first-order valence-corrected chi connectivity index (χ1v) is 4.97. The van der Waals surface area contributed by atoms with E-state index in [9.17, 15) is 23.8 Å². The molecule has 2 atom stereocenters. The van der Waals surface area contributed by atoms with E-state index in [0.29, 0.717) is 12.1 Å². The first-order chi connectivity index (χ1) is 8.88. The third-order valence-electron chi connectivity index (χ3n) is 2.32. The van der Waals surface area contributed by atoms with Gasteiger partial charge >= 0.3 is 5.97 Å². The maximum Gasteiger partial charge on any atom is 0.335 e. The molecule has 0 bridgehead atoms. The van der Waals surface area contributed by atoms with Crippen molar-refractivity contribution in [1.29, 1.82) is 0 Å². The summed E-state index contributed by atoms with van der Waals surface area (Å²) in [4.78, 5) is 12.9. The molecule has 0 radical (unpaired) electrons. The van der Waals surface area contributed by atoms with Crippen LogP contribution in [0.15, 0.2) is 17.2 Å². The molecular weight excluding hydrogens is 264 g/mol. The van der Waals surface area contributed by atoms with Crippen LogP contribution in [0.2, 0.25) is 0 Å². The first kappa shape index (κ1) is 14.8. The van der Waals surface area contributed by atoms with Crippen LogP contribution in [0.25, 0.3) is 10.4 Å². The second-order valence-electron chi connectivity index (χ2n) is 3.58. The number of aliphatic hydroxyl groups excluding tert-OH is 2. The van der Waals surface area contributed by atoms with Crippen molar-refractivity contribution in [3.63, 3.8) is 0 Å². The van der Waals surface area contributed by atoms with Crippen LogP contribution in [0.3, 0.4) is 0 Å². The van der Waals surface area contributed by atoms with Gasteiger partial charge in [0.05, 0.1) is 23.8 Å². The van der Waals surface area contributed by atoms with Gasteiger partial charge in [-0.1, -0.05) is 5.11 Å². The van der Waals surface area contributed by atoms with E-state index in [4.69, 9.17) is 10.6 Å². The average Bonchev–Trinajstić information content (AvgIpc) is 2.34. The molecular formula is C10H9F2N3O4. The van der Waals surface area contributed by atoms with Crippen LogP contribution < -0.4 is 0 Å². The quantitative estimate of drug-likeness (QED) is 0.425. The molecule has 0 spiro atoms. The minimum atomic E-state index is -1.98. The number of hydrogen-bond donors (Lipinski definition) is 3. The Kier molecular flexibility index (Phi) is 4.76. The number of halogens is 2. The van der Waals surface area contributed by atoms with Gasteiger partial charge in [0.15, 0.2) is 0 Å². The molecule has 0 heterocycles. The summed E-state index contributed by atoms with van der Waals surface area (Å²) in [5, 5.41) is 30.5. The van der Waals surface area contributed by atoms with Gasteiger partial charge in [-0.3, -0.25) is 0 Å². The number of aliphatic hydroxyl groups is 2. The Morgan fingerprint density at radius 1 is 1.37 bits per heavy atom. The third-order valence-corrected chi connectivity index (χ3v) is 2.32. The Balaban J connectivity index is 3.13. The number of benzene rings is 1. The molecule has 0 aliphatic carbocycles. The molecule has 0 aliphatic rings. The molecule has 0 saturated heterocycles. The van der Waals surface area contributed by atoms with Crippen molar-refractivity contribution < 1.29 is 28.9 Å². The van der Waals surface area contributed by atoms with Gasteiger partial charge in [0.2, 0.25) is 0 Å². The maximum atomic E-state index is 13.5. The van der Waals surface area contributed by atoms with E-state index >= 15 is 0 Å². The van der Waals surface area contributed by atoms with Crippen molar-refractivity contribution in [3.8, 4) is 0 Å². The van der Waals surface area contributed by atoms with Gasteiger partial charge in [-0.2, -0.15) is 0 Å². The number of carbonyl (C=O) groups is 1. The van der Waals surface area contributed by atoms with Crippen molar-refractivity contribution >= 4 is 5.97 Å². The minimum absolute atomic E-state index is 0.518. The zero-order chi connectivity index (χ0) is 14.6. The van der Waals surface area contributed by atoms with Gasteiger partial charge in [-0.05, 0) is 17.7 Å². The molecule has 3 N–H and O–H groups in total. The lowest BCUT2D eigenvalue weighted by atomic mass is 10.0. The predicted molar refractivity (Wildman–Crippen MR) is 58.3 cm³/mol. The number of rotatable bonds is 5. The molecule has 7 nitrogen and oxygen atoms in total. The van der Waals surface area contributed by atoms with Crippen LogP contribution in [0, 0.1) is 11.6 Å². The summed E-state index contributed by atoms with van der Waals surface area (Å²) in [5.74, 6) is -4.16. The van der Waals surface area contributed by atoms with Gasteiger partial charge in [-0.15, -0.1) is 0 Å². The van der Waals surface area contributed by atoms with Crippen molar-refractivity contribution in [2.45, 2.75) is 12.2 Å². The van der Waals surface area contributed by atoms with Gasteiger partial charge in [0, 0.05) is 4.91 Å². The number of aromatic carboxylic acids is 1. The van der Waals surface area contributed by atoms with Crippen LogP contribution in [-0.2, 0) is 0 Å². The predicted octanol–water partition coefficient (Wildman–Crippen LogP) is 1.37. The fourth-order valence-corrected chi connectivity index (χ4v) is 1.40. The Labute approximate surface area is 105 Å². The Hall–Kier alpha value is -2.22. The molecule has 1 aromatic carbocycles. The van der Waals surface area contributed by atoms with Crippen LogP contribution in [0.5, 0.6) is 0 Å². The van der Waals surface area contributed by atoms with Crippen molar-refractivity contribution in [2.75, 3.05) is 6.54 Å². The molecule has 0 amide bonds. The Morgan fingerprint density at radius 3 is 2.32 bits per heavy atom. The topological polar surface area (TPSA) is 127 Å². The fraction of sp³-hybridized carbons (Fsp3) is 0.300. The summed E-state index contributed by atoms with van der Waals surface area (Å²) in [7, 11) is 0. The lowest BCUT2D eigenvalue weighted by molar-refractivity contribution is 0.0199. The summed E-state index contributed by atoms with van der Waals surface area (Å²) >= 11 is 0. The van der Waals surface area contributed by atoms with Crippen molar-refractivity contribution in [2.24, 2.45) is 5.11 Å². The highest BCUT2D eigenvalue weighted by Gasteiger charge is 2.26. The van der Waals surface area contributed by atoms with Crippen LogP contribution in [0.1, 0.15) is 22.0 Å². The SMILES string of the molecule is [N-]=[N+]=NCC(O)C(O)c1c(F)cc(C(=O)O)cc1F. The summed E-state index contributed by atoms with van der Waals surface area (Å²) < 4.78 is 27.1. The largest absolute Gasteiger partial charge is 0.478 e. The normalized spacial score (nSPS) is 13.5. The van der Waals surface area contributed by atoms with E-state index in [1.54, 1.807) is 0 Å². The molecule has 19 heavy (non-hydrogen) atoms. The van der Waals surface area contributed by atoms with Gasteiger partial charge in [0.1, 0.15) is 17.7 Å². The molecule has 1 rings (SSSR count). The fourth-order valence-electron chi connectivity index (χ4n) is 1.40. The lowest BCUT2D eigenvalue weighted by Gasteiger charge is -2.17. The molecule has 0 aliphatic heterocycles. The smallest absolute Gasteiger partial charge is 0.335 e. The highest BCUT2D eigenvalue weighted by Crippen LogP contribution is 2.25. The zero-order valence-electron chi connectivity index (χ0n) is 9.36. The highest BCUT2D eigenvalue weighted by molar-refractivity contribution is 5.87. The van der Waals surface area contributed by atoms with Crippen LogP contribution >= 0.6 is 0 Å². The number of hydrogen-bond acceptors (Lipinski definition) is 4. The van der Waals surface area contributed by atoms with Crippen molar-refractivity contribution in [3.05, 3.63) is 45.3 Å². The second kappa shape index (κ2) is 6.10. The van der Waals surface area contributed by atoms with E-state index in [0.717, 1.165) is 0 Å². The summed E-state index contributed by atoms with van der Waals surface area (Å²) in [6.07, 6.45) is -3.69. The summed E-state index contributed by atoms with van der Waals surface area (Å²) in [6, 6.07) is 1.04. The van der Waals surface area contributed by atoms with E-state index in [2.05, 4.69) is 10.0 Å². The number of azide groups is 1. The molecule has 1 aromatic rings. The van der Waals surface area contributed by atoms with Crippen molar-refractivity contribution in [1.82, 2.24) is 0 Å². The van der Waals surface area contributed by atoms with E-state index < -0.39 is 47.5 Å². The lowest BCUT2D eigenvalue weighted by Crippen LogP contribution is -2.23. The number of carboxylic acid groups (broad SMARTS) is 1. The number of carboxylic acids is 1. The second-order valence-corrected chi connectivity index (χ2v) is 3.58. The summed E-state index contributed by atoms with van der Waals surface area (Å²) in [5.41, 5.74) is 6.51. The van der Waals surface area contributed by atoms with E-state index in [-0.39, 0.29) is 0 Å². The van der Waals surface area contributed by atoms with Gasteiger partial charge < -0.3 is 15.3 Å². The average molecular weight is 273 g/mol. The van der Waals surface area contributed by atoms with Gasteiger partial charge in [-0.25, -0.2) is 13.6 Å². The van der Waals surface area contributed by atoms with E-state index in [1.165, 1.54) is 0 Å². The number of nitrogens with zero attached hydrogens (tertiary/aromatic N) is 3. The highest BCUT2D eigenvalue weighted by atomic mass is 19.1. The first-order valence-electron chi connectivity index (χ1n) is 4.97. The standard InChI is InChI=1S/C10H9F2N3O4/c11-5-1-4(10(18)19)2-6(12)8(5)9(17)7(16)3-14-15-13/h1-2,7,9,16-17H,3H2,(H,18,19). The molecule has 102 valence electrons. The van der Waals surface area contributed by atoms with Gasteiger partial charge in [0.25, 0.3) is 0 Å². The monoisotopic (exact) mass is 273 g/mol. The molecule has 0 aromatic heterocycles. The summed E-state index contributed by atoms with van der Waals surface area (Å²) in [6.45, 7) is -0.586. The Morgan fingerprint density at radius 2 is 1.89 bits per heavy atom. The Bertz CT molecular complexity index is 523. The molecule has 0 fully saturated rings. The minimum Gasteiger partial charge on any atom is -0.478 e. The molecule has 2 unspecified atom stereocenters. The third kappa shape index (κ3) is 3.38. The maximum absolute atomic E-state index is 13.5. The van der Waals surface area contributed by atoms with E-state index in [1.807, 2.05) is 0 Å². The zero-order valence-corrected chi connectivity index (χ0v) is 9.36. The van der Waals surface area contributed by atoms with Crippen LogP contribution in [-0.4, -0.2) is 33.9 Å². The molecule has 0 saturated carbocycles. The molecule has 9 heteroatoms.